The van der Waals surface area contributed by atoms with Crippen LogP contribution in [-0.4, -0.2) is 65.4 Å². The molecule has 0 aromatic heterocycles. The first-order chi connectivity index (χ1) is 12.2. The van der Waals surface area contributed by atoms with Crippen LogP contribution in [0.4, 0.5) is 0 Å². The fourth-order valence-electron chi connectivity index (χ4n) is 4.43. The topological polar surface area (TPSA) is 46.9 Å². The normalized spacial score (nSPS) is 23.1. The molecule has 0 bridgehead atoms. The Morgan fingerprint density at radius 1 is 1.20 bits per heavy atom. The highest BCUT2D eigenvalue weighted by Gasteiger charge is 2.29. The fourth-order valence-corrected chi connectivity index (χ4v) is 4.43. The fraction of sp³-hybridized carbons (Fsp3) is 0.714. The molecule has 1 saturated heterocycles. The number of aryl methyl sites for hydroxylation is 1. The molecule has 0 spiro atoms. The summed E-state index contributed by atoms with van der Waals surface area (Å²) in [6.45, 7) is 7.08. The molecule has 0 saturated carbocycles. The summed E-state index contributed by atoms with van der Waals surface area (Å²) in [6, 6.07) is 9.08. The molecule has 0 radical (unpaired) electrons. The zero-order chi connectivity index (χ0) is 17.6. The van der Waals surface area contributed by atoms with Crippen LogP contribution in [0.5, 0.6) is 0 Å². The summed E-state index contributed by atoms with van der Waals surface area (Å²) < 4.78 is 0. The van der Waals surface area contributed by atoms with Crippen molar-refractivity contribution in [3.63, 3.8) is 0 Å². The van der Waals surface area contributed by atoms with Gasteiger partial charge in [-0.05, 0) is 62.2 Å². The van der Waals surface area contributed by atoms with E-state index in [1.165, 1.54) is 24.0 Å². The molecule has 1 fully saturated rings. The van der Waals surface area contributed by atoms with Crippen molar-refractivity contribution < 1.29 is 10.2 Å². The lowest BCUT2D eigenvalue weighted by Crippen LogP contribution is -2.44. The number of rotatable bonds is 8. The first-order valence-corrected chi connectivity index (χ1v) is 10.0. The van der Waals surface area contributed by atoms with E-state index in [1.54, 1.807) is 0 Å². The number of piperidine rings is 1. The molecule has 3 rings (SSSR count). The van der Waals surface area contributed by atoms with Crippen LogP contribution in [0.25, 0.3) is 0 Å². The van der Waals surface area contributed by atoms with Crippen LogP contribution in [0.3, 0.4) is 0 Å². The van der Waals surface area contributed by atoms with Crippen LogP contribution < -0.4 is 0 Å². The highest BCUT2D eigenvalue weighted by Crippen LogP contribution is 2.35. The van der Waals surface area contributed by atoms with Crippen LogP contribution in [0, 0.1) is 5.92 Å². The number of hydrogen-bond acceptors (Lipinski definition) is 4. The number of aliphatic hydroxyl groups is 2. The smallest absolute Gasteiger partial charge is 0.0794 e. The van der Waals surface area contributed by atoms with Crippen molar-refractivity contribution in [2.45, 2.75) is 51.2 Å². The first kappa shape index (κ1) is 18.8. The number of aliphatic hydroxyl groups excluding tert-OH is 2. The summed E-state index contributed by atoms with van der Waals surface area (Å²) in [7, 11) is 0. The molecule has 0 amide bonds. The zero-order valence-electron chi connectivity index (χ0n) is 15.6. The second-order valence-electron chi connectivity index (χ2n) is 7.96. The van der Waals surface area contributed by atoms with Crippen LogP contribution in [0.2, 0.25) is 0 Å². The number of hydrogen-bond donors (Lipinski definition) is 2. The van der Waals surface area contributed by atoms with Crippen LogP contribution in [-0.2, 0) is 6.42 Å². The third kappa shape index (κ3) is 5.04. The lowest BCUT2D eigenvalue weighted by atomic mass is 9.99. The number of nitrogens with zero attached hydrogens (tertiary/aromatic N) is 2. The number of benzene rings is 1. The Balaban J connectivity index is 1.59. The van der Waals surface area contributed by atoms with Crippen molar-refractivity contribution in [1.82, 2.24) is 9.80 Å². The number of β-amino-alcohol motifs (C(OH)–C–C–N with tert-alkyl or cyclic N) is 1. The maximum Gasteiger partial charge on any atom is 0.0794 e. The van der Waals surface area contributed by atoms with E-state index in [-0.39, 0.29) is 12.7 Å². The van der Waals surface area contributed by atoms with Gasteiger partial charge in [-0.3, -0.25) is 4.90 Å². The molecule has 2 N–H and O–H groups in total. The monoisotopic (exact) mass is 346 g/mol. The largest absolute Gasteiger partial charge is 0.396 e. The van der Waals surface area contributed by atoms with Gasteiger partial charge in [0.25, 0.3) is 0 Å². The highest BCUT2D eigenvalue weighted by molar-refractivity contribution is 5.34. The SMILES string of the molecule is CC1CCN(CC(O)CN(CCCO)C2CCc3ccccc32)CC1. The molecule has 2 atom stereocenters. The van der Waals surface area contributed by atoms with Gasteiger partial charge in [-0.15, -0.1) is 0 Å². The molecular formula is C21H34N2O2. The van der Waals surface area contributed by atoms with Crippen molar-refractivity contribution in [2.75, 3.05) is 39.3 Å². The molecule has 1 aliphatic carbocycles. The molecule has 1 aliphatic heterocycles. The molecule has 1 aromatic carbocycles. The van der Waals surface area contributed by atoms with Crippen molar-refractivity contribution in [3.05, 3.63) is 35.4 Å². The van der Waals surface area contributed by atoms with E-state index in [0.717, 1.165) is 51.4 Å². The van der Waals surface area contributed by atoms with Gasteiger partial charge < -0.3 is 15.1 Å². The molecule has 2 unspecified atom stereocenters. The van der Waals surface area contributed by atoms with Crippen molar-refractivity contribution >= 4 is 0 Å². The lowest BCUT2D eigenvalue weighted by molar-refractivity contribution is 0.0449. The Hall–Kier alpha value is -0.940. The Kier molecular flexibility index (Phi) is 6.88. The van der Waals surface area contributed by atoms with Crippen molar-refractivity contribution in [3.8, 4) is 0 Å². The van der Waals surface area contributed by atoms with E-state index in [9.17, 15) is 10.2 Å². The minimum atomic E-state index is -0.320. The molecule has 4 heteroatoms. The average Bonchev–Trinajstić information content (AvgIpc) is 3.04. The predicted octanol–water partition coefficient (Wildman–Crippen LogP) is 2.45. The van der Waals surface area contributed by atoms with Crippen molar-refractivity contribution in [2.24, 2.45) is 5.92 Å². The minimum absolute atomic E-state index is 0.213. The Morgan fingerprint density at radius 2 is 1.96 bits per heavy atom. The number of likely N-dealkylation sites (tertiary alicyclic amines) is 1. The summed E-state index contributed by atoms with van der Waals surface area (Å²) in [5.41, 5.74) is 2.86. The van der Waals surface area contributed by atoms with Gasteiger partial charge in [0, 0.05) is 32.3 Å². The van der Waals surface area contributed by atoms with Crippen LogP contribution in [0.15, 0.2) is 24.3 Å². The van der Waals surface area contributed by atoms with Crippen LogP contribution >= 0.6 is 0 Å². The maximum atomic E-state index is 10.7. The van der Waals surface area contributed by atoms with Gasteiger partial charge in [-0.1, -0.05) is 31.2 Å². The molecule has 25 heavy (non-hydrogen) atoms. The average molecular weight is 347 g/mol. The quantitative estimate of drug-likeness (QED) is 0.759. The summed E-state index contributed by atoms with van der Waals surface area (Å²) in [5, 5.41) is 20.0. The molecule has 2 aliphatic rings. The van der Waals surface area contributed by atoms with E-state index in [1.807, 2.05) is 0 Å². The highest BCUT2D eigenvalue weighted by atomic mass is 16.3. The third-order valence-electron chi connectivity index (χ3n) is 5.94. The van der Waals surface area contributed by atoms with Gasteiger partial charge in [0.2, 0.25) is 0 Å². The summed E-state index contributed by atoms with van der Waals surface area (Å²) >= 11 is 0. The van der Waals surface area contributed by atoms with E-state index in [2.05, 4.69) is 41.0 Å². The molecular weight excluding hydrogens is 312 g/mol. The Bertz CT molecular complexity index is 528. The predicted molar refractivity (Wildman–Crippen MR) is 102 cm³/mol. The van der Waals surface area contributed by atoms with Crippen LogP contribution in [0.1, 0.15) is 49.8 Å². The lowest BCUT2D eigenvalue weighted by Gasteiger charge is -2.35. The standard InChI is InChI=1S/C21H34N2O2/c1-17-9-12-22(13-10-17)15-19(25)16-23(11-4-14-24)21-8-7-18-5-2-3-6-20(18)21/h2-3,5-6,17,19,21,24-25H,4,7-16H2,1H3. The van der Waals surface area contributed by atoms with E-state index >= 15 is 0 Å². The van der Waals surface area contributed by atoms with E-state index in [4.69, 9.17) is 0 Å². The van der Waals surface area contributed by atoms with Crippen molar-refractivity contribution in [1.29, 1.82) is 0 Å². The Labute approximate surface area is 152 Å². The molecule has 1 aromatic rings. The summed E-state index contributed by atoms with van der Waals surface area (Å²) in [5.74, 6) is 0.824. The van der Waals surface area contributed by atoms with Gasteiger partial charge in [0.15, 0.2) is 0 Å². The van der Waals surface area contributed by atoms with Gasteiger partial charge >= 0.3 is 0 Å². The van der Waals surface area contributed by atoms with Gasteiger partial charge in [-0.2, -0.15) is 0 Å². The molecule has 4 nitrogen and oxygen atoms in total. The minimum Gasteiger partial charge on any atom is -0.396 e. The second-order valence-corrected chi connectivity index (χ2v) is 7.96. The molecule has 140 valence electrons. The van der Waals surface area contributed by atoms with E-state index in [0.29, 0.717) is 12.6 Å². The maximum absolute atomic E-state index is 10.7. The zero-order valence-corrected chi connectivity index (χ0v) is 15.6. The first-order valence-electron chi connectivity index (χ1n) is 10.0. The Morgan fingerprint density at radius 3 is 2.72 bits per heavy atom. The van der Waals surface area contributed by atoms with Gasteiger partial charge in [0.05, 0.1) is 6.10 Å². The molecule has 1 heterocycles. The van der Waals surface area contributed by atoms with Gasteiger partial charge in [0.1, 0.15) is 0 Å². The second kappa shape index (κ2) is 9.13. The summed E-state index contributed by atoms with van der Waals surface area (Å²) in [6.07, 6.45) is 5.19. The third-order valence-corrected chi connectivity index (χ3v) is 5.94. The van der Waals surface area contributed by atoms with E-state index < -0.39 is 0 Å². The summed E-state index contributed by atoms with van der Waals surface area (Å²) in [4.78, 5) is 4.82. The van der Waals surface area contributed by atoms with Gasteiger partial charge in [-0.25, -0.2) is 0 Å². The number of fused-ring (bicyclic) bond motifs is 1.